The molecule has 4 saturated carbocycles. The van der Waals surface area contributed by atoms with Gasteiger partial charge in [0.15, 0.2) is 5.79 Å². The Morgan fingerprint density at radius 1 is 0.845 bits per heavy atom. The van der Waals surface area contributed by atoms with Gasteiger partial charge in [0.25, 0.3) is 0 Å². The van der Waals surface area contributed by atoms with Crippen LogP contribution in [0.15, 0.2) is 11.6 Å². The summed E-state index contributed by atoms with van der Waals surface area (Å²) < 4.78 is 30.9. The van der Waals surface area contributed by atoms with E-state index in [1.807, 2.05) is 34.6 Å². The van der Waals surface area contributed by atoms with Crippen molar-refractivity contribution in [3.8, 4) is 0 Å². The van der Waals surface area contributed by atoms with Gasteiger partial charge in [-0.3, -0.25) is 14.4 Å². The number of hydrogen-bond donors (Lipinski definition) is 0. The van der Waals surface area contributed by atoms with E-state index in [9.17, 15) is 19.2 Å². The molecular formula is C47H74N2O9. The van der Waals surface area contributed by atoms with Gasteiger partial charge in [0.2, 0.25) is 5.91 Å². The molecule has 11 heteroatoms. The van der Waals surface area contributed by atoms with Crippen LogP contribution in [0.4, 0.5) is 4.79 Å². The molecule has 12 atom stereocenters. The van der Waals surface area contributed by atoms with Gasteiger partial charge in [-0.2, -0.15) is 0 Å². The topological polar surface area (TPSA) is 121 Å². The Bertz CT molecular complexity index is 1680. The Labute approximate surface area is 348 Å². The molecule has 0 aromatic heterocycles. The van der Waals surface area contributed by atoms with Crippen LogP contribution >= 0.6 is 0 Å². The quantitative estimate of drug-likeness (QED) is 0.153. The molecule has 5 aliphatic carbocycles. The Hall–Kier alpha value is -2.66. The summed E-state index contributed by atoms with van der Waals surface area (Å²) in [7, 11) is 1.56. The SMILES string of the molecule is COC(=O)[C@]12CC[C@@H](C)[C@H](C)[C@H]1C1=CC[C@@H]3[C@@]4(C)C[C@@H](OC(=O)CCC(=O)N5CCN(C(=O)OC(C)(C)C)CC5)[C@@H]5OC(C)(C)OC[C@@]5(C)[C@@H]4CC[C@@]3(C)[C@]1(C)CC2. The zero-order valence-electron chi connectivity index (χ0n) is 37.8. The fourth-order valence-electron chi connectivity index (χ4n) is 14.2. The number of nitrogens with zero attached hydrogens (tertiary/aromatic N) is 2. The summed E-state index contributed by atoms with van der Waals surface area (Å²) in [5.74, 6) is 0.369. The molecule has 2 saturated heterocycles. The van der Waals surface area contributed by atoms with Crippen LogP contribution in [0.5, 0.6) is 0 Å². The minimum atomic E-state index is -0.818. The standard InChI is InChI=1S/C47H74N2O9/c1-29-17-20-47(39(52)54-12)22-21-45(10)31(37(47)30(29)2)13-14-34-43(8)27-32(38-44(9,28-55-42(6,7)57-38)33(43)18-19-46(34,45)11)56-36(51)16-15-35(50)48-23-25-49(26-24-48)40(53)58-41(3,4)5/h13,29-30,32-34,37-38H,14-28H2,1-12H3/t29-,30+,32-,33-,34-,37+,38+,43+,44+,45-,46-,47+/m1/s1. The van der Waals surface area contributed by atoms with Gasteiger partial charge in [0.1, 0.15) is 17.8 Å². The van der Waals surface area contributed by atoms with Crippen molar-refractivity contribution in [2.45, 2.75) is 164 Å². The van der Waals surface area contributed by atoms with Crippen molar-refractivity contribution in [3.63, 3.8) is 0 Å². The Kier molecular flexibility index (Phi) is 11.1. The second kappa shape index (κ2) is 14.8. The van der Waals surface area contributed by atoms with Crippen LogP contribution in [0.2, 0.25) is 0 Å². The zero-order valence-corrected chi connectivity index (χ0v) is 37.8. The normalized spacial score (nSPS) is 43.2. The van der Waals surface area contributed by atoms with Crippen molar-refractivity contribution >= 4 is 23.9 Å². The van der Waals surface area contributed by atoms with Gasteiger partial charge in [-0.1, -0.05) is 53.2 Å². The summed E-state index contributed by atoms with van der Waals surface area (Å²) in [5.41, 5.74) is -0.231. The van der Waals surface area contributed by atoms with Gasteiger partial charge in [-0.15, -0.1) is 0 Å². The zero-order chi connectivity index (χ0) is 42.4. The minimum Gasteiger partial charge on any atom is -0.469 e. The molecule has 58 heavy (non-hydrogen) atoms. The summed E-state index contributed by atoms with van der Waals surface area (Å²) in [6.07, 6.45) is 8.86. The molecule has 2 aliphatic heterocycles. The number of ether oxygens (including phenoxy) is 5. The van der Waals surface area contributed by atoms with Crippen LogP contribution in [0.3, 0.4) is 0 Å². The third-order valence-corrected chi connectivity index (χ3v) is 17.5. The van der Waals surface area contributed by atoms with Gasteiger partial charge < -0.3 is 33.5 Å². The van der Waals surface area contributed by atoms with Gasteiger partial charge >= 0.3 is 18.0 Å². The Balaban J connectivity index is 1.11. The first-order valence-electron chi connectivity index (χ1n) is 22.5. The van der Waals surface area contributed by atoms with Gasteiger partial charge in [0.05, 0.1) is 25.6 Å². The fourth-order valence-corrected chi connectivity index (χ4v) is 14.2. The van der Waals surface area contributed by atoms with Crippen molar-refractivity contribution < 1.29 is 42.9 Å². The largest absolute Gasteiger partial charge is 0.469 e. The van der Waals surface area contributed by atoms with Crippen molar-refractivity contribution in [2.75, 3.05) is 39.9 Å². The summed E-state index contributed by atoms with van der Waals surface area (Å²) >= 11 is 0. The van der Waals surface area contributed by atoms with Crippen molar-refractivity contribution in [3.05, 3.63) is 11.6 Å². The number of fused-ring (bicyclic) bond motifs is 9. The lowest BCUT2D eigenvalue weighted by atomic mass is 9.33. The third kappa shape index (κ3) is 6.92. The van der Waals surface area contributed by atoms with Gasteiger partial charge in [-0.05, 0) is 132 Å². The average molecular weight is 811 g/mol. The lowest BCUT2D eigenvalue weighted by molar-refractivity contribution is -0.369. The third-order valence-electron chi connectivity index (χ3n) is 17.5. The molecule has 0 spiro atoms. The molecule has 0 aromatic rings. The molecule has 6 fully saturated rings. The Morgan fingerprint density at radius 2 is 1.52 bits per heavy atom. The maximum Gasteiger partial charge on any atom is 0.410 e. The number of amides is 2. The summed E-state index contributed by atoms with van der Waals surface area (Å²) in [5, 5.41) is 0. The molecule has 11 nitrogen and oxygen atoms in total. The van der Waals surface area contributed by atoms with Crippen molar-refractivity contribution in [1.29, 1.82) is 0 Å². The van der Waals surface area contributed by atoms with E-state index in [-0.39, 0.29) is 70.5 Å². The molecule has 0 radical (unpaired) electrons. The van der Waals surface area contributed by atoms with Crippen LogP contribution < -0.4 is 0 Å². The molecule has 326 valence electrons. The number of carbonyl (C=O) groups is 4. The van der Waals surface area contributed by atoms with Crippen LogP contribution in [0.1, 0.15) is 140 Å². The summed E-state index contributed by atoms with van der Waals surface area (Å²) in [6.45, 7) is 26.0. The number of rotatable bonds is 5. The number of methoxy groups -OCH3 is 1. The fraction of sp³-hybridized carbons (Fsp3) is 0.872. The van der Waals surface area contributed by atoms with E-state index < -0.39 is 22.9 Å². The first-order valence-corrected chi connectivity index (χ1v) is 22.5. The van der Waals surface area contributed by atoms with Crippen LogP contribution in [0, 0.1) is 56.7 Å². The highest BCUT2D eigenvalue weighted by molar-refractivity contribution is 5.82. The number of piperazine rings is 1. The van der Waals surface area contributed by atoms with E-state index in [4.69, 9.17) is 23.7 Å². The molecule has 0 aromatic carbocycles. The van der Waals surface area contributed by atoms with E-state index >= 15 is 0 Å². The number of allylic oxidation sites excluding steroid dienone is 2. The smallest absolute Gasteiger partial charge is 0.410 e. The maximum absolute atomic E-state index is 13.9. The van der Waals surface area contributed by atoms with Crippen LogP contribution in [0.25, 0.3) is 0 Å². The molecule has 2 amide bonds. The first kappa shape index (κ1) is 43.4. The average Bonchev–Trinajstić information content (AvgIpc) is 3.15. The second-order valence-electron chi connectivity index (χ2n) is 22.1. The molecular weight excluding hydrogens is 737 g/mol. The number of carbonyl (C=O) groups excluding carboxylic acids is 4. The summed E-state index contributed by atoms with van der Waals surface area (Å²) in [4.78, 5) is 56.9. The monoisotopic (exact) mass is 811 g/mol. The van der Waals surface area contributed by atoms with Crippen LogP contribution in [-0.4, -0.2) is 97.2 Å². The molecule has 0 bridgehead atoms. The Morgan fingerprint density at radius 3 is 2.17 bits per heavy atom. The highest BCUT2D eigenvalue weighted by atomic mass is 16.7. The molecule has 7 aliphatic rings. The number of hydrogen-bond acceptors (Lipinski definition) is 9. The van der Waals surface area contributed by atoms with E-state index in [0.717, 1.165) is 44.9 Å². The van der Waals surface area contributed by atoms with E-state index in [0.29, 0.717) is 62.9 Å². The van der Waals surface area contributed by atoms with Gasteiger partial charge in [-0.25, -0.2) is 4.79 Å². The maximum atomic E-state index is 13.9. The van der Waals surface area contributed by atoms with Crippen molar-refractivity contribution in [1.82, 2.24) is 9.80 Å². The predicted octanol–water partition coefficient (Wildman–Crippen LogP) is 8.33. The second-order valence-corrected chi connectivity index (χ2v) is 22.1. The lowest BCUT2D eigenvalue weighted by Gasteiger charge is -2.72. The van der Waals surface area contributed by atoms with E-state index in [2.05, 4.69) is 47.6 Å². The van der Waals surface area contributed by atoms with Crippen LogP contribution in [-0.2, 0) is 38.1 Å². The summed E-state index contributed by atoms with van der Waals surface area (Å²) in [6, 6.07) is 0. The lowest BCUT2D eigenvalue weighted by Crippen LogP contribution is -2.71. The predicted molar refractivity (Wildman–Crippen MR) is 219 cm³/mol. The number of esters is 2. The van der Waals surface area contributed by atoms with Crippen molar-refractivity contribution in [2.24, 2.45) is 56.7 Å². The molecule has 0 unspecified atom stereocenters. The molecule has 7 rings (SSSR count). The molecule has 2 heterocycles. The van der Waals surface area contributed by atoms with Gasteiger partial charge in [0, 0.05) is 38.0 Å². The van der Waals surface area contributed by atoms with E-state index in [1.54, 1.807) is 16.9 Å². The van der Waals surface area contributed by atoms with E-state index in [1.165, 1.54) is 5.57 Å². The minimum absolute atomic E-state index is 0.0175. The first-order chi connectivity index (χ1) is 26.9. The molecule has 0 N–H and O–H groups in total. The highest BCUT2D eigenvalue weighted by Gasteiger charge is 2.72. The highest BCUT2D eigenvalue weighted by Crippen LogP contribution is 2.76.